The number of benzene rings is 2. The zero-order valence-electron chi connectivity index (χ0n) is 23.5. The second kappa shape index (κ2) is 15.3. The second-order valence-corrected chi connectivity index (χ2v) is 10.7. The van der Waals surface area contributed by atoms with Crippen LogP contribution in [0, 0.1) is 17.5 Å². The van der Waals surface area contributed by atoms with Gasteiger partial charge in [-0.2, -0.15) is 0 Å². The summed E-state index contributed by atoms with van der Waals surface area (Å²) < 4.78 is 40.6. The van der Waals surface area contributed by atoms with Crippen molar-refractivity contribution in [2.24, 2.45) is 11.5 Å². The quantitative estimate of drug-likeness (QED) is 0.153. The predicted octanol–water partition coefficient (Wildman–Crippen LogP) is 0.454. The number of likely N-dealkylation sites (tertiary alicyclic amines) is 1. The highest BCUT2D eigenvalue weighted by atomic mass is 19.2. The van der Waals surface area contributed by atoms with Gasteiger partial charge >= 0.3 is 11.9 Å². The summed E-state index contributed by atoms with van der Waals surface area (Å²) >= 11 is 0. The molecule has 1 heterocycles. The highest BCUT2D eigenvalue weighted by Gasteiger charge is 2.43. The number of aryl methyl sites for hydroxylation is 1. The van der Waals surface area contributed by atoms with Gasteiger partial charge in [0, 0.05) is 37.5 Å². The first-order chi connectivity index (χ1) is 20.7. The lowest BCUT2D eigenvalue weighted by Gasteiger charge is -2.28. The average molecular weight is 622 g/mol. The fraction of sp³-hybridized carbons (Fsp3) is 0.414. The van der Waals surface area contributed by atoms with Gasteiger partial charge in [0.15, 0.2) is 11.6 Å². The van der Waals surface area contributed by atoms with Crippen molar-refractivity contribution in [1.29, 1.82) is 0 Å². The molecule has 44 heavy (non-hydrogen) atoms. The Bertz CT molecular complexity index is 1380. The molecule has 5 atom stereocenters. The molecule has 15 heteroatoms. The minimum absolute atomic E-state index is 0.0532. The maximum absolute atomic E-state index is 14.0. The molecular weight excluding hydrogens is 587 g/mol. The van der Waals surface area contributed by atoms with Gasteiger partial charge in [-0.15, -0.1) is 0 Å². The molecule has 0 bridgehead atoms. The molecule has 238 valence electrons. The van der Waals surface area contributed by atoms with Crippen molar-refractivity contribution in [3.8, 4) is 0 Å². The Morgan fingerprint density at radius 2 is 1.61 bits per heavy atom. The first kappa shape index (κ1) is 34.0. The summed E-state index contributed by atoms with van der Waals surface area (Å²) in [4.78, 5) is 62.9. The first-order valence-electron chi connectivity index (χ1n) is 13.8. The molecule has 2 aromatic rings. The maximum atomic E-state index is 14.0. The van der Waals surface area contributed by atoms with E-state index >= 15 is 0 Å². The van der Waals surface area contributed by atoms with Crippen molar-refractivity contribution in [1.82, 2.24) is 15.5 Å². The molecule has 8 N–H and O–H groups in total. The highest BCUT2D eigenvalue weighted by Crippen LogP contribution is 2.22. The van der Waals surface area contributed by atoms with Gasteiger partial charge < -0.3 is 31.9 Å². The molecular formula is C29H34F3N5O7. The average Bonchev–Trinajstić information content (AvgIpc) is 3.37. The van der Waals surface area contributed by atoms with Crippen LogP contribution in [0.25, 0.3) is 0 Å². The third kappa shape index (κ3) is 9.50. The normalized spacial score (nSPS) is 18.3. The number of carboxylic acid groups (broad SMARTS) is 2. The lowest BCUT2D eigenvalue weighted by atomic mass is 10.0. The summed E-state index contributed by atoms with van der Waals surface area (Å²) in [7, 11) is 0. The van der Waals surface area contributed by atoms with Crippen LogP contribution < -0.4 is 22.1 Å². The molecule has 2 aromatic carbocycles. The summed E-state index contributed by atoms with van der Waals surface area (Å²) in [6, 6.07) is 3.98. The van der Waals surface area contributed by atoms with Gasteiger partial charge in [0.2, 0.25) is 17.7 Å². The van der Waals surface area contributed by atoms with Gasteiger partial charge in [0.25, 0.3) is 0 Å². The predicted molar refractivity (Wildman–Crippen MR) is 149 cm³/mol. The maximum Gasteiger partial charge on any atom is 0.326 e. The van der Waals surface area contributed by atoms with Gasteiger partial charge in [-0.3, -0.25) is 24.5 Å². The van der Waals surface area contributed by atoms with Crippen LogP contribution in [0.4, 0.5) is 13.2 Å². The zero-order valence-corrected chi connectivity index (χ0v) is 23.5. The number of halogens is 3. The largest absolute Gasteiger partial charge is 0.480 e. The smallest absolute Gasteiger partial charge is 0.326 e. The number of rotatable bonds is 15. The standard InChI is InChI=1S/C29H34F3N5O7/c30-19-12-21(32)20(31)9-16(19)8-17(33)10-26(39)35-18-11-24(29(43)44)37(14-18)27(40)23(13-25(34)38)36-22(28(41)42)7-6-15-4-2-1-3-5-15/h1-5,9,12,17-18,22-24,36H,6-8,10-11,13-14,33H2,(H2,34,38)(H,35,39)(H,41,42)(H,43,44)/t17-,18+,22+,23+,24+/m1/s1. The zero-order chi connectivity index (χ0) is 32.6. The van der Waals surface area contributed by atoms with Crippen LogP contribution in [-0.4, -0.2) is 81.5 Å². The summed E-state index contributed by atoms with van der Waals surface area (Å²) in [5.74, 6) is -8.83. The van der Waals surface area contributed by atoms with E-state index in [1.165, 1.54) is 0 Å². The van der Waals surface area contributed by atoms with Crippen LogP contribution >= 0.6 is 0 Å². The van der Waals surface area contributed by atoms with E-state index in [9.17, 15) is 47.4 Å². The number of nitrogens with zero attached hydrogens (tertiary/aromatic N) is 1. The van der Waals surface area contributed by atoms with Crippen LogP contribution in [0.5, 0.6) is 0 Å². The number of aliphatic carboxylic acids is 2. The van der Waals surface area contributed by atoms with Crippen LogP contribution in [-0.2, 0) is 36.8 Å². The van der Waals surface area contributed by atoms with Crippen molar-refractivity contribution in [2.75, 3.05) is 6.54 Å². The van der Waals surface area contributed by atoms with Gasteiger partial charge in [-0.1, -0.05) is 30.3 Å². The van der Waals surface area contributed by atoms with Crippen molar-refractivity contribution >= 4 is 29.7 Å². The number of carboxylic acids is 2. The van der Waals surface area contributed by atoms with Crippen molar-refractivity contribution < 1.29 is 47.4 Å². The molecule has 0 aromatic heterocycles. The number of nitrogens with one attached hydrogen (secondary N) is 2. The van der Waals surface area contributed by atoms with Crippen LogP contribution in [0.15, 0.2) is 42.5 Å². The Labute approximate surface area is 250 Å². The minimum atomic E-state index is -1.46. The monoisotopic (exact) mass is 621 g/mol. The molecule has 1 saturated heterocycles. The minimum Gasteiger partial charge on any atom is -0.480 e. The molecule has 0 spiro atoms. The number of carbonyl (C=O) groups is 5. The molecule has 1 aliphatic rings. The summed E-state index contributed by atoms with van der Waals surface area (Å²) in [5.41, 5.74) is 11.8. The Morgan fingerprint density at radius 1 is 0.955 bits per heavy atom. The Kier molecular flexibility index (Phi) is 11.8. The van der Waals surface area contributed by atoms with Gasteiger partial charge in [0.1, 0.15) is 17.9 Å². The van der Waals surface area contributed by atoms with E-state index < -0.39 is 83.7 Å². The summed E-state index contributed by atoms with van der Waals surface area (Å²) in [6.07, 6.45) is -1.10. The fourth-order valence-corrected chi connectivity index (χ4v) is 5.11. The topological polar surface area (TPSA) is 205 Å². The number of primary amides is 1. The Morgan fingerprint density at radius 3 is 2.23 bits per heavy atom. The first-order valence-corrected chi connectivity index (χ1v) is 13.8. The van der Waals surface area contributed by atoms with Gasteiger partial charge in [-0.25, -0.2) is 18.0 Å². The lowest BCUT2D eigenvalue weighted by molar-refractivity contribution is -0.150. The highest BCUT2D eigenvalue weighted by molar-refractivity contribution is 5.92. The van der Waals surface area contributed by atoms with Crippen LogP contribution in [0.2, 0.25) is 0 Å². The second-order valence-electron chi connectivity index (χ2n) is 10.7. The molecule has 1 aliphatic heterocycles. The third-order valence-corrected chi connectivity index (χ3v) is 7.22. The van der Waals surface area contributed by atoms with Gasteiger partial charge in [0.05, 0.1) is 12.5 Å². The molecule has 1 fully saturated rings. The fourth-order valence-electron chi connectivity index (χ4n) is 5.11. The summed E-state index contributed by atoms with van der Waals surface area (Å²) in [5, 5.41) is 24.7. The molecule has 3 rings (SSSR count). The van der Waals surface area contributed by atoms with E-state index in [0.29, 0.717) is 18.6 Å². The van der Waals surface area contributed by atoms with E-state index in [0.717, 1.165) is 10.5 Å². The SMILES string of the molecule is NC(=O)C[C@H](N[C@@H](CCc1ccccc1)C(=O)O)C(=O)N1C[C@@H](NC(=O)C[C@H](N)Cc2cc(F)c(F)cc2F)C[C@H]1C(=O)O. The number of nitrogens with two attached hydrogens (primary N) is 2. The molecule has 12 nitrogen and oxygen atoms in total. The number of hydrogen-bond donors (Lipinski definition) is 6. The van der Waals surface area contributed by atoms with Crippen LogP contribution in [0.1, 0.15) is 36.8 Å². The third-order valence-electron chi connectivity index (χ3n) is 7.22. The number of hydrogen-bond acceptors (Lipinski definition) is 7. The van der Waals surface area contributed by atoms with Crippen LogP contribution in [0.3, 0.4) is 0 Å². The van der Waals surface area contributed by atoms with Gasteiger partial charge in [-0.05, 0) is 36.5 Å². The van der Waals surface area contributed by atoms with Crippen molar-refractivity contribution in [2.45, 2.75) is 68.7 Å². The molecule has 0 saturated carbocycles. The van der Waals surface area contributed by atoms with E-state index in [2.05, 4.69) is 10.6 Å². The molecule has 0 radical (unpaired) electrons. The van der Waals surface area contributed by atoms with E-state index in [1.54, 1.807) is 30.3 Å². The molecule has 3 amide bonds. The number of amides is 3. The van der Waals surface area contributed by atoms with Crippen molar-refractivity contribution in [3.05, 3.63) is 71.0 Å². The molecule has 0 aliphatic carbocycles. The summed E-state index contributed by atoms with van der Waals surface area (Å²) in [6.45, 7) is -0.284. The molecule has 0 unspecified atom stereocenters. The van der Waals surface area contributed by atoms with E-state index in [4.69, 9.17) is 11.5 Å². The number of carbonyl (C=O) groups excluding carboxylic acids is 3. The van der Waals surface area contributed by atoms with E-state index in [-0.39, 0.29) is 37.8 Å². The Balaban J connectivity index is 1.66. The lowest BCUT2D eigenvalue weighted by Crippen LogP contribution is -2.55. The van der Waals surface area contributed by atoms with Crippen molar-refractivity contribution in [3.63, 3.8) is 0 Å². The van der Waals surface area contributed by atoms with E-state index in [1.807, 2.05) is 0 Å². The Hall–Kier alpha value is -4.50.